The van der Waals surface area contributed by atoms with E-state index >= 15 is 0 Å². The summed E-state index contributed by atoms with van der Waals surface area (Å²) in [5.74, 6) is 1.62. The molecule has 184 valence electrons. The number of sulfonamides is 1. The molecule has 2 fully saturated rings. The lowest BCUT2D eigenvalue weighted by molar-refractivity contribution is 0.0620. The molecule has 2 aromatic rings. The minimum Gasteiger partial charge on any atom is -0.497 e. The topological polar surface area (TPSA) is 97.4 Å². The quantitative estimate of drug-likeness (QED) is 0.545. The Morgan fingerprint density at radius 3 is 2.26 bits per heavy atom. The summed E-state index contributed by atoms with van der Waals surface area (Å²) in [6.07, 6.45) is 1.66. The zero-order valence-corrected chi connectivity index (χ0v) is 20.3. The zero-order valence-electron chi connectivity index (χ0n) is 19.5. The number of ether oxygens (including phenoxy) is 3. The van der Waals surface area contributed by atoms with Crippen LogP contribution in [0.4, 0.5) is 0 Å². The molecular weight excluding hydrogens is 458 g/mol. The van der Waals surface area contributed by atoms with Crippen molar-refractivity contribution in [2.24, 2.45) is 0 Å². The molecule has 1 saturated heterocycles. The molecule has 0 aromatic heterocycles. The normalized spacial score (nSPS) is 16.8. The number of hydrogen-bond donors (Lipinski definition) is 1. The number of rotatable bonds is 10. The maximum Gasteiger partial charge on any atom is 0.253 e. The summed E-state index contributed by atoms with van der Waals surface area (Å²) in [7, 11) is -0.699. The first kappa shape index (κ1) is 24.3. The first-order chi connectivity index (χ1) is 16.4. The van der Waals surface area contributed by atoms with Gasteiger partial charge in [-0.2, -0.15) is 0 Å². The summed E-state index contributed by atoms with van der Waals surface area (Å²) in [5, 5.41) is 0. The van der Waals surface area contributed by atoms with E-state index in [1.165, 1.54) is 13.2 Å². The van der Waals surface area contributed by atoms with E-state index in [1.807, 2.05) is 24.3 Å². The fraction of sp³-hybridized carbons (Fsp3) is 0.458. The number of benzene rings is 2. The smallest absolute Gasteiger partial charge is 0.253 e. The molecule has 0 radical (unpaired) electrons. The highest BCUT2D eigenvalue weighted by atomic mass is 32.2. The lowest BCUT2D eigenvalue weighted by Gasteiger charge is -2.34. The van der Waals surface area contributed by atoms with Crippen molar-refractivity contribution in [2.75, 3.05) is 53.6 Å². The lowest BCUT2D eigenvalue weighted by atomic mass is 10.1. The predicted octanol–water partition coefficient (Wildman–Crippen LogP) is 1.98. The molecule has 34 heavy (non-hydrogen) atoms. The zero-order chi connectivity index (χ0) is 24.1. The van der Waals surface area contributed by atoms with E-state index in [-0.39, 0.29) is 22.6 Å². The van der Waals surface area contributed by atoms with E-state index in [9.17, 15) is 13.2 Å². The number of amides is 1. The summed E-state index contributed by atoms with van der Waals surface area (Å²) >= 11 is 0. The van der Waals surface area contributed by atoms with Gasteiger partial charge in [0.15, 0.2) is 0 Å². The third-order valence-electron chi connectivity index (χ3n) is 5.99. The van der Waals surface area contributed by atoms with Gasteiger partial charge in [-0.15, -0.1) is 0 Å². The molecule has 1 saturated carbocycles. The molecule has 2 aromatic carbocycles. The van der Waals surface area contributed by atoms with Crippen LogP contribution in [0.1, 0.15) is 23.2 Å². The van der Waals surface area contributed by atoms with Gasteiger partial charge in [-0.3, -0.25) is 9.69 Å². The molecule has 0 spiro atoms. The van der Waals surface area contributed by atoms with Crippen LogP contribution < -0.4 is 18.9 Å². The third-order valence-corrected chi connectivity index (χ3v) is 7.54. The van der Waals surface area contributed by atoms with Gasteiger partial charge in [0, 0.05) is 44.3 Å². The van der Waals surface area contributed by atoms with E-state index in [0.717, 1.165) is 44.0 Å². The average molecular weight is 490 g/mol. The van der Waals surface area contributed by atoms with Gasteiger partial charge < -0.3 is 19.1 Å². The summed E-state index contributed by atoms with van der Waals surface area (Å²) in [6.45, 7) is 3.88. The number of piperazine rings is 1. The van der Waals surface area contributed by atoms with E-state index in [2.05, 4.69) is 9.62 Å². The van der Waals surface area contributed by atoms with Crippen LogP contribution in [0, 0.1) is 0 Å². The lowest BCUT2D eigenvalue weighted by Crippen LogP contribution is -2.49. The van der Waals surface area contributed by atoms with Gasteiger partial charge in [0.05, 0.1) is 14.2 Å². The van der Waals surface area contributed by atoms with Gasteiger partial charge >= 0.3 is 0 Å². The molecule has 0 atom stereocenters. The van der Waals surface area contributed by atoms with Crippen molar-refractivity contribution >= 4 is 15.9 Å². The number of nitrogens with one attached hydrogen (secondary N) is 1. The minimum atomic E-state index is -3.75. The second-order valence-corrected chi connectivity index (χ2v) is 10.1. The Balaban J connectivity index is 1.30. The van der Waals surface area contributed by atoms with E-state index < -0.39 is 10.0 Å². The Morgan fingerprint density at radius 2 is 1.65 bits per heavy atom. The number of carbonyl (C=O) groups excluding carboxylic acids is 1. The van der Waals surface area contributed by atoms with Crippen molar-refractivity contribution < 1.29 is 27.4 Å². The first-order valence-electron chi connectivity index (χ1n) is 11.4. The number of hydrogen-bond acceptors (Lipinski definition) is 7. The Hall–Kier alpha value is -2.82. The van der Waals surface area contributed by atoms with Crippen LogP contribution in [0.25, 0.3) is 0 Å². The fourth-order valence-electron chi connectivity index (χ4n) is 3.83. The second kappa shape index (κ2) is 10.6. The van der Waals surface area contributed by atoms with Crippen molar-refractivity contribution in [3.63, 3.8) is 0 Å². The van der Waals surface area contributed by atoms with Crippen molar-refractivity contribution in [2.45, 2.75) is 23.8 Å². The van der Waals surface area contributed by atoms with Crippen LogP contribution in [-0.4, -0.2) is 83.7 Å². The van der Waals surface area contributed by atoms with Gasteiger partial charge in [-0.1, -0.05) is 0 Å². The van der Waals surface area contributed by atoms with E-state index in [1.54, 1.807) is 24.1 Å². The van der Waals surface area contributed by atoms with Gasteiger partial charge in [0.25, 0.3) is 5.91 Å². The van der Waals surface area contributed by atoms with Crippen LogP contribution in [0.5, 0.6) is 17.2 Å². The van der Waals surface area contributed by atoms with Crippen molar-refractivity contribution in [1.29, 1.82) is 0 Å². The Labute approximate surface area is 200 Å². The third kappa shape index (κ3) is 5.99. The maximum absolute atomic E-state index is 13.1. The standard InChI is InChI=1S/C24H31N3O6S/c1-31-20-6-8-21(9-7-20)33-16-15-26-11-13-27(14-12-26)24(28)18-3-10-22(32-2)23(17-18)34(29,30)25-19-4-5-19/h3,6-10,17,19,25H,4-5,11-16H2,1-2H3. The molecule has 10 heteroatoms. The van der Waals surface area contributed by atoms with Gasteiger partial charge in [-0.05, 0) is 55.3 Å². The molecular formula is C24H31N3O6S. The molecule has 0 unspecified atom stereocenters. The highest BCUT2D eigenvalue weighted by Gasteiger charge is 2.31. The molecule has 1 N–H and O–H groups in total. The number of nitrogens with zero attached hydrogens (tertiary/aromatic N) is 2. The van der Waals surface area contributed by atoms with Crippen LogP contribution in [-0.2, 0) is 10.0 Å². The Morgan fingerprint density at radius 1 is 0.971 bits per heavy atom. The van der Waals surface area contributed by atoms with Crippen molar-refractivity contribution in [3.8, 4) is 17.2 Å². The van der Waals surface area contributed by atoms with Crippen molar-refractivity contribution in [3.05, 3.63) is 48.0 Å². The maximum atomic E-state index is 13.1. The van der Waals surface area contributed by atoms with Gasteiger partial charge in [0.2, 0.25) is 10.0 Å². The largest absolute Gasteiger partial charge is 0.497 e. The Kier molecular flexibility index (Phi) is 7.60. The van der Waals surface area contributed by atoms with Crippen molar-refractivity contribution in [1.82, 2.24) is 14.5 Å². The highest BCUT2D eigenvalue weighted by Crippen LogP contribution is 2.29. The number of methoxy groups -OCH3 is 2. The van der Waals surface area contributed by atoms with E-state index in [4.69, 9.17) is 14.2 Å². The molecule has 2 aliphatic rings. The summed E-state index contributed by atoms with van der Waals surface area (Å²) < 4.78 is 44.3. The summed E-state index contributed by atoms with van der Waals surface area (Å²) in [6, 6.07) is 12.0. The molecule has 9 nitrogen and oxygen atoms in total. The van der Waals surface area contributed by atoms with E-state index in [0.29, 0.717) is 25.3 Å². The highest BCUT2D eigenvalue weighted by molar-refractivity contribution is 7.89. The van der Waals surface area contributed by atoms with Gasteiger partial charge in [0.1, 0.15) is 28.8 Å². The molecule has 1 amide bonds. The molecule has 4 rings (SSSR count). The predicted molar refractivity (Wildman–Crippen MR) is 127 cm³/mol. The second-order valence-electron chi connectivity index (χ2n) is 8.42. The average Bonchev–Trinajstić information content (AvgIpc) is 3.67. The minimum absolute atomic E-state index is 0.00191. The summed E-state index contributed by atoms with van der Waals surface area (Å²) in [4.78, 5) is 17.1. The van der Waals surface area contributed by atoms with Crippen LogP contribution >= 0.6 is 0 Å². The summed E-state index contributed by atoms with van der Waals surface area (Å²) in [5.41, 5.74) is 0.341. The van der Waals surface area contributed by atoms with Crippen LogP contribution in [0.15, 0.2) is 47.4 Å². The van der Waals surface area contributed by atoms with Crippen LogP contribution in [0.3, 0.4) is 0 Å². The van der Waals surface area contributed by atoms with Gasteiger partial charge in [-0.25, -0.2) is 13.1 Å². The molecule has 1 aliphatic carbocycles. The molecule has 0 bridgehead atoms. The Bertz CT molecular complexity index is 1090. The molecule has 1 heterocycles. The monoisotopic (exact) mass is 489 g/mol. The first-order valence-corrected chi connectivity index (χ1v) is 12.9. The fourth-order valence-corrected chi connectivity index (χ4v) is 5.33. The SMILES string of the molecule is COc1ccc(OCCN2CCN(C(=O)c3ccc(OC)c(S(=O)(=O)NC4CC4)c3)CC2)cc1. The number of carbonyl (C=O) groups is 1. The van der Waals surface area contributed by atoms with Crippen LogP contribution in [0.2, 0.25) is 0 Å². The molecule has 1 aliphatic heterocycles.